The topological polar surface area (TPSA) is 67.2 Å². The molecule has 0 unspecified atom stereocenters. The maximum Gasteiger partial charge on any atom is 0.219 e. The van der Waals surface area contributed by atoms with E-state index >= 15 is 0 Å². The maximum atomic E-state index is 11.4. The number of rotatable bonds is 5. The van der Waals surface area contributed by atoms with E-state index in [1.165, 1.54) is 0 Å². The molecule has 0 saturated carbocycles. The minimum Gasteiger partial charge on any atom is -0.345 e. The van der Waals surface area contributed by atoms with E-state index in [1.807, 2.05) is 16.5 Å². The van der Waals surface area contributed by atoms with Crippen LogP contribution in [0.15, 0.2) is 23.7 Å². The molecule has 3 rings (SSSR count). The number of aromatic nitrogens is 4. The van der Waals surface area contributed by atoms with Crippen LogP contribution in [-0.4, -0.2) is 57.0 Å². The fourth-order valence-electron chi connectivity index (χ4n) is 2.57. The van der Waals surface area contributed by atoms with Gasteiger partial charge >= 0.3 is 0 Å². The lowest BCUT2D eigenvalue weighted by Gasteiger charge is -2.33. The van der Waals surface area contributed by atoms with Crippen LogP contribution in [-0.2, 0) is 11.3 Å². The molecule has 2 aromatic heterocycles. The first-order valence-electron chi connectivity index (χ1n) is 8.10. The minimum atomic E-state index is 0.139. The zero-order chi connectivity index (χ0) is 17.1. The molecule has 1 aliphatic heterocycles. The number of anilines is 1. The van der Waals surface area contributed by atoms with E-state index in [1.54, 1.807) is 22.9 Å². The number of nitrogens with zero attached hydrogens (tertiary/aromatic N) is 6. The van der Waals surface area contributed by atoms with Crippen LogP contribution >= 0.6 is 11.3 Å². The van der Waals surface area contributed by atoms with Gasteiger partial charge in [-0.2, -0.15) is 0 Å². The number of thiazole rings is 1. The summed E-state index contributed by atoms with van der Waals surface area (Å²) >= 11 is 1.60. The van der Waals surface area contributed by atoms with Gasteiger partial charge in [0, 0.05) is 38.5 Å². The van der Waals surface area contributed by atoms with Crippen molar-refractivity contribution in [2.75, 3.05) is 31.1 Å². The third-order valence-corrected chi connectivity index (χ3v) is 5.08. The molecule has 0 aliphatic carbocycles. The van der Waals surface area contributed by atoms with E-state index < -0.39 is 0 Å². The quantitative estimate of drug-likeness (QED) is 0.775. The van der Waals surface area contributed by atoms with Crippen LogP contribution in [0, 0.1) is 0 Å². The molecular weight excluding hydrogens is 324 g/mol. The highest BCUT2D eigenvalue weighted by molar-refractivity contribution is 7.14. The largest absolute Gasteiger partial charge is 0.345 e. The van der Waals surface area contributed by atoms with Gasteiger partial charge in [0.1, 0.15) is 11.4 Å². The molecule has 0 atom stereocenters. The Hall–Kier alpha value is -2.22. The van der Waals surface area contributed by atoms with E-state index in [-0.39, 0.29) is 5.91 Å². The first-order valence-corrected chi connectivity index (χ1v) is 8.98. The van der Waals surface area contributed by atoms with Crippen molar-refractivity contribution in [3.63, 3.8) is 0 Å². The second-order valence-corrected chi connectivity index (χ2v) is 6.75. The van der Waals surface area contributed by atoms with Crippen molar-refractivity contribution in [2.45, 2.75) is 26.8 Å². The number of hydrogen-bond acceptors (Lipinski definition) is 6. The zero-order valence-corrected chi connectivity index (χ0v) is 14.9. The van der Waals surface area contributed by atoms with Crippen LogP contribution in [0.3, 0.4) is 0 Å². The van der Waals surface area contributed by atoms with Gasteiger partial charge in [-0.05, 0) is 6.42 Å². The van der Waals surface area contributed by atoms with Crippen LogP contribution < -0.4 is 4.90 Å². The Morgan fingerprint density at radius 1 is 1.29 bits per heavy atom. The van der Waals surface area contributed by atoms with Gasteiger partial charge in [0.2, 0.25) is 5.91 Å². The molecule has 1 amide bonds. The fourth-order valence-corrected chi connectivity index (χ4v) is 3.45. The van der Waals surface area contributed by atoms with E-state index in [2.05, 4.69) is 33.7 Å². The lowest BCUT2D eigenvalue weighted by molar-refractivity contribution is -0.129. The molecule has 1 aliphatic rings. The molecule has 0 spiro atoms. The van der Waals surface area contributed by atoms with Gasteiger partial charge in [-0.1, -0.05) is 24.3 Å². The Kier molecular flexibility index (Phi) is 4.94. The van der Waals surface area contributed by atoms with Crippen LogP contribution in [0.5, 0.6) is 0 Å². The van der Waals surface area contributed by atoms with Gasteiger partial charge in [-0.25, -0.2) is 9.67 Å². The average Bonchev–Trinajstić information content (AvgIpc) is 3.24. The van der Waals surface area contributed by atoms with Crippen molar-refractivity contribution < 1.29 is 4.79 Å². The van der Waals surface area contributed by atoms with Crippen molar-refractivity contribution in [3.8, 4) is 11.4 Å². The first kappa shape index (κ1) is 16.6. The summed E-state index contributed by atoms with van der Waals surface area (Å²) in [6.45, 7) is 11.5. The number of allylic oxidation sites excluding steroid dienone is 1. The van der Waals surface area contributed by atoms with Gasteiger partial charge in [0.05, 0.1) is 12.7 Å². The lowest BCUT2D eigenvalue weighted by atomic mass is 10.2. The smallest absolute Gasteiger partial charge is 0.219 e. The summed E-state index contributed by atoms with van der Waals surface area (Å²) in [5.41, 5.74) is 2.75. The molecule has 0 N–H and O–H groups in total. The van der Waals surface area contributed by atoms with Gasteiger partial charge < -0.3 is 9.80 Å². The molecule has 24 heavy (non-hydrogen) atoms. The van der Waals surface area contributed by atoms with Crippen molar-refractivity contribution >= 4 is 22.4 Å². The molecule has 0 aromatic carbocycles. The predicted octanol–water partition coefficient (Wildman–Crippen LogP) is 2.04. The summed E-state index contributed by atoms with van der Waals surface area (Å²) < 4.78 is 1.80. The van der Waals surface area contributed by atoms with Gasteiger partial charge in [-0.15, -0.1) is 16.4 Å². The van der Waals surface area contributed by atoms with Crippen LogP contribution in [0.4, 0.5) is 5.13 Å². The molecule has 2 aromatic rings. The third kappa shape index (κ3) is 3.64. The Morgan fingerprint density at radius 3 is 2.71 bits per heavy atom. The Morgan fingerprint density at radius 2 is 2.04 bits per heavy atom. The van der Waals surface area contributed by atoms with Gasteiger partial charge in [0.25, 0.3) is 0 Å². The molecule has 0 bridgehead atoms. The molecule has 128 valence electrons. The van der Waals surface area contributed by atoms with Gasteiger partial charge in [0.15, 0.2) is 5.13 Å². The van der Waals surface area contributed by atoms with E-state index in [4.69, 9.17) is 0 Å². The van der Waals surface area contributed by atoms with E-state index in [0.29, 0.717) is 6.54 Å². The van der Waals surface area contributed by atoms with Crippen molar-refractivity contribution in [2.24, 2.45) is 0 Å². The number of hydrogen-bond donors (Lipinski definition) is 0. The van der Waals surface area contributed by atoms with E-state index in [9.17, 15) is 4.79 Å². The van der Waals surface area contributed by atoms with Crippen LogP contribution in [0.1, 0.15) is 20.3 Å². The third-order valence-electron chi connectivity index (χ3n) is 4.17. The van der Waals surface area contributed by atoms with E-state index in [0.717, 1.165) is 54.7 Å². The standard InChI is InChI=1S/C16H22N6OS/c1-4-12(2)9-22-10-14(18-19-22)15-11-24-16(17-15)21-7-5-20(6-8-21)13(3)23/h10-11H,2,4-9H2,1,3H3. The number of amides is 1. The first-order chi connectivity index (χ1) is 11.6. The number of carbonyl (C=O) groups excluding carboxylic acids is 1. The lowest BCUT2D eigenvalue weighted by Crippen LogP contribution is -2.48. The molecule has 1 saturated heterocycles. The molecule has 1 fully saturated rings. The summed E-state index contributed by atoms with van der Waals surface area (Å²) in [7, 11) is 0. The molecule has 3 heterocycles. The zero-order valence-electron chi connectivity index (χ0n) is 14.1. The van der Waals surface area contributed by atoms with Crippen LogP contribution in [0.25, 0.3) is 11.4 Å². The summed E-state index contributed by atoms with van der Waals surface area (Å²) in [5, 5.41) is 11.3. The highest BCUT2D eigenvalue weighted by atomic mass is 32.1. The number of piperazine rings is 1. The Balaban J connectivity index is 1.66. The average molecular weight is 346 g/mol. The van der Waals surface area contributed by atoms with Crippen molar-refractivity contribution in [3.05, 3.63) is 23.7 Å². The Labute approximate surface area is 145 Å². The fraction of sp³-hybridized carbons (Fsp3) is 0.500. The minimum absolute atomic E-state index is 0.139. The summed E-state index contributed by atoms with van der Waals surface area (Å²) in [5.74, 6) is 0.139. The normalized spacial score (nSPS) is 14.9. The van der Waals surface area contributed by atoms with Crippen molar-refractivity contribution in [1.29, 1.82) is 0 Å². The summed E-state index contributed by atoms with van der Waals surface area (Å²) in [4.78, 5) is 20.2. The summed E-state index contributed by atoms with van der Waals surface area (Å²) in [6, 6.07) is 0. The second kappa shape index (κ2) is 7.12. The molecule has 8 heteroatoms. The van der Waals surface area contributed by atoms with Crippen molar-refractivity contribution in [1.82, 2.24) is 24.9 Å². The Bertz CT molecular complexity index is 729. The molecule has 0 radical (unpaired) electrons. The summed E-state index contributed by atoms with van der Waals surface area (Å²) in [6.07, 6.45) is 2.84. The highest BCUT2D eigenvalue weighted by Crippen LogP contribution is 2.27. The highest BCUT2D eigenvalue weighted by Gasteiger charge is 2.21. The SMILES string of the molecule is C=C(CC)Cn1cc(-c2csc(N3CCN(C(C)=O)CC3)n2)nn1. The number of carbonyl (C=O) groups is 1. The maximum absolute atomic E-state index is 11.4. The second-order valence-electron chi connectivity index (χ2n) is 5.91. The molecular formula is C16H22N6OS. The monoisotopic (exact) mass is 346 g/mol. The van der Waals surface area contributed by atoms with Crippen LogP contribution in [0.2, 0.25) is 0 Å². The predicted molar refractivity (Wildman–Crippen MR) is 95.0 cm³/mol. The van der Waals surface area contributed by atoms with Gasteiger partial charge in [-0.3, -0.25) is 4.79 Å². The molecule has 7 nitrogen and oxygen atoms in total.